The average Bonchev–Trinajstić information content (AvgIpc) is 3.85. The number of imidazole rings is 1. The van der Waals surface area contributed by atoms with E-state index in [9.17, 15) is 0 Å². The van der Waals surface area contributed by atoms with Gasteiger partial charge in [0.15, 0.2) is 0 Å². The van der Waals surface area contributed by atoms with Crippen LogP contribution in [0.2, 0.25) is 17.3 Å². The predicted octanol–water partition coefficient (Wildman–Crippen LogP) is 15.3. The van der Waals surface area contributed by atoms with Crippen LogP contribution in [0.1, 0.15) is 96.5 Å². The number of para-hydroxylation sites is 1. The number of nitrogens with zero attached hydrogens (tertiary/aromatic N) is 4. The van der Waals surface area contributed by atoms with Gasteiger partial charge in [0.2, 0.25) is 0 Å². The van der Waals surface area contributed by atoms with Crippen LogP contribution in [0.5, 0.6) is 0 Å². The maximum atomic E-state index is 6.55. The van der Waals surface area contributed by atoms with Gasteiger partial charge in [-0.3, -0.25) is 9.97 Å². The first-order valence-electron chi connectivity index (χ1n) is 22.9. The van der Waals surface area contributed by atoms with Crippen molar-refractivity contribution in [1.82, 2.24) is 19.5 Å². The van der Waals surface area contributed by atoms with Crippen molar-refractivity contribution in [3.8, 4) is 39.5 Å². The zero-order chi connectivity index (χ0) is 45.5. The van der Waals surface area contributed by atoms with Crippen molar-refractivity contribution < 1.29 is 24.5 Å². The standard InChI is InChI=1S/C40H38N3O.C18H24GeN.Ir/c1-24(2)31-22-27(26-14-9-8-10-15-26)23-32(25(3)4)35(31)43-36-33(20-21-41-38(36)40(5,6)7)42-39(43)30-18-13-17-29-28-16-11-12-19-34(28)44-37(29)30;1-14(2)11-16-12-18(15-9-7-6-8-10-15)20-13-17(16)19(3,4)5;/h8-17,19-25H,1-7H3;6-9,12-14H,11H2,1-5H3;/q2*-1;. The fraction of sp³-hybridized carbons (Fsp3) is 0.293. The SMILES string of the molecule is CC(C)Cc1cc(-c2[c-]cccc2)nc[c]1[Ge]([CH3])([CH3])[CH3].CC(C)c1cc(-c2ccccc2)cc(C(C)C)c1-n1c(-c2[c-]ccc3c2oc2ccccc23)nc2ccnc(C(C)(C)C)c21.[Ir]. The molecule has 0 fully saturated rings. The molecule has 5 nitrogen and oxygen atoms in total. The van der Waals surface area contributed by atoms with E-state index in [0.717, 1.165) is 67.7 Å². The van der Waals surface area contributed by atoms with E-state index in [2.05, 4.69) is 175 Å². The quantitative estimate of drug-likeness (QED) is 0.107. The second-order valence-corrected chi connectivity index (χ2v) is 30.8. The summed E-state index contributed by atoms with van der Waals surface area (Å²) in [6.45, 7) is 20.4. The first-order valence-corrected chi connectivity index (χ1v) is 30.3. The summed E-state index contributed by atoms with van der Waals surface area (Å²) in [4.78, 5) is 15.1. The number of benzene rings is 5. The third-order valence-electron chi connectivity index (χ3n) is 12.0. The molecule has 0 amide bonds. The molecule has 7 heteroatoms. The Morgan fingerprint density at radius 1 is 0.708 bits per heavy atom. The summed E-state index contributed by atoms with van der Waals surface area (Å²) in [5.41, 5.74) is 15.1. The van der Waals surface area contributed by atoms with Crippen molar-refractivity contribution in [2.24, 2.45) is 5.92 Å². The molecule has 65 heavy (non-hydrogen) atoms. The minimum atomic E-state index is -1.86. The molecule has 0 saturated carbocycles. The van der Waals surface area contributed by atoms with Crippen LogP contribution >= 0.6 is 0 Å². The van der Waals surface area contributed by atoms with E-state index >= 15 is 0 Å². The van der Waals surface area contributed by atoms with Gasteiger partial charge >= 0.3 is 126 Å². The summed E-state index contributed by atoms with van der Waals surface area (Å²) in [6, 6.07) is 47.0. The molecule has 0 aliphatic carbocycles. The molecule has 9 rings (SSSR count). The van der Waals surface area contributed by atoms with Crippen LogP contribution in [-0.4, -0.2) is 32.8 Å². The molecule has 0 N–H and O–H groups in total. The Hall–Kier alpha value is -5.14. The van der Waals surface area contributed by atoms with Gasteiger partial charge in [-0.25, -0.2) is 0 Å². The predicted molar refractivity (Wildman–Crippen MR) is 273 cm³/mol. The number of hydrogen-bond donors (Lipinski definition) is 0. The molecule has 0 saturated heterocycles. The molecular weight excluding hydrogens is 1030 g/mol. The van der Waals surface area contributed by atoms with Gasteiger partial charge in [-0.15, -0.1) is 18.2 Å². The van der Waals surface area contributed by atoms with E-state index in [1.807, 2.05) is 48.7 Å². The van der Waals surface area contributed by atoms with Crippen molar-refractivity contribution in [2.45, 2.75) is 103 Å². The molecule has 4 aromatic heterocycles. The van der Waals surface area contributed by atoms with E-state index in [0.29, 0.717) is 5.92 Å². The van der Waals surface area contributed by atoms with E-state index in [1.165, 1.54) is 33.5 Å². The van der Waals surface area contributed by atoms with Gasteiger partial charge in [0.1, 0.15) is 5.58 Å². The third kappa shape index (κ3) is 9.87. The zero-order valence-electron chi connectivity index (χ0n) is 40.1. The van der Waals surface area contributed by atoms with Crippen LogP contribution in [0.25, 0.3) is 72.4 Å². The Balaban J connectivity index is 0.000000253. The minimum absolute atomic E-state index is 0. The number of aromatic nitrogens is 4. The Morgan fingerprint density at radius 2 is 1.38 bits per heavy atom. The van der Waals surface area contributed by atoms with E-state index < -0.39 is 13.3 Å². The molecular formula is C58H62GeIrN4O-2. The van der Waals surface area contributed by atoms with Gasteiger partial charge in [0.25, 0.3) is 0 Å². The van der Waals surface area contributed by atoms with Gasteiger partial charge in [-0.2, -0.15) is 0 Å². The van der Waals surface area contributed by atoms with E-state index in [-0.39, 0.29) is 37.4 Å². The smallest absolute Gasteiger partial charge is 0.120 e. The van der Waals surface area contributed by atoms with Gasteiger partial charge in [0.05, 0.1) is 28.1 Å². The van der Waals surface area contributed by atoms with Crippen molar-refractivity contribution in [2.75, 3.05) is 0 Å². The Kier molecular flexibility index (Phi) is 14.2. The zero-order valence-corrected chi connectivity index (χ0v) is 44.6. The minimum Gasteiger partial charge on any atom is -0.501 e. The second kappa shape index (κ2) is 19.4. The van der Waals surface area contributed by atoms with Crippen molar-refractivity contribution in [3.05, 3.63) is 162 Å². The Morgan fingerprint density at radius 3 is 2.02 bits per heavy atom. The maximum Gasteiger partial charge on any atom is 0.120 e. The fourth-order valence-corrected chi connectivity index (χ4v) is 12.2. The largest absolute Gasteiger partial charge is 0.501 e. The van der Waals surface area contributed by atoms with E-state index in [4.69, 9.17) is 19.4 Å². The van der Waals surface area contributed by atoms with Crippen LogP contribution in [0, 0.1) is 18.1 Å². The van der Waals surface area contributed by atoms with Crippen LogP contribution in [0.4, 0.5) is 0 Å². The first-order chi connectivity index (χ1) is 30.5. The third-order valence-corrected chi connectivity index (χ3v) is 16.3. The molecule has 4 heterocycles. The number of rotatable bonds is 9. The Labute approximate surface area is 402 Å². The monoisotopic (exact) mass is 1100 g/mol. The summed E-state index contributed by atoms with van der Waals surface area (Å²) >= 11 is -1.86. The number of furan rings is 1. The average molecular weight is 1100 g/mol. The van der Waals surface area contributed by atoms with Crippen molar-refractivity contribution in [3.63, 3.8) is 0 Å². The molecule has 1 radical (unpaired) electrons. The summed E-state index contributed by atoms with van der Waals surface area (Å²) in [5, 5.41) is 2.16. The van der Waals surface area contributed by atoms with Crippen LogP contribution in [0.15, 0.2) is 132 Å². The van der Waals surface area contributed by atoms with Gasteiger partial charge in [-0.05, 0) is 58.4 Å². The molecule has 0 bridgehead atoms. The fourth-order valence-electron chi connectivity index (χ4n) is 8.91. The summed E-state index contributed by atoms with van der Waals surface area (Å²) < 4.78 is 10.5. The molecule has 9 aromatic rings. The normalized spacial score (nSPS) is 12.0. The van der Waals surface area contributed by atoms with Crippen LogP contribution in [-0.2, 0) is 31.9 Å². The molecule has 335 valence electrons. The molecule has 0 atom stereocenters. The molecule has 0 unspecified atom stereocenters. The second-order valence-electron chi connectivity index (χ2n) is 20.3. The maximum absolute atomic E-state index is 6.55. The molecule has 0 aliphatic rings. The molecule has 5 aromatic carbocycles. The van der Waals surface area contributed by atoms with E-state index in [1.54, 1.807) is 4.40 Å². The van der Waals surface area contributed by atoms with Crippen molar-refractivity contribution >= 4 is 50.6 Å². The van der Waals surface area contributed by atoms with Crippen LogP contribution in [0.3, 0.4) is 0 Å². The number of pyridine rings is 2. The van der Waals surface area contributed by atoms with Gasteiger partial charge in [0, 0.05) is 42.8 Å². The summed E-state index contributed by atoms with van der Waals surface area (Å²) in [6.07, 6.45) is 5.16. The first kappa shape index (κ1) is 47.8. The summed E-state index contributed by atoms with van der Waals surface area (Å²) in [7, 11) is 0. The number of hydrogen-bond acceptors (Lipinski definition) is 4. The Bertz CT molecular complexity index is 3050. The van der Waals surface area contributed by atoms with Crippen molar-refractivity contribution in [1.29, 1.82) is 0 Å². The molecule has 0 spiro atoms. The van der Waals surface area contributed by atoms with Gasteiger partial charge < -0.3 is 8.98 Å². The number of fused-ring (bicyclic) bond motifs is 4. The van der Waals surface area contributed by atoms with Gasteiger partial charge in [-0.1, -0.05) is 108 Å². The summed E-state index contributed by atoms with van der Waals surface area (Å²) in [5.74, 6) is 9.33. The molecule has 0 aliphatic heterocycles. The van der Waals surface area contributed by atoms with Crippen LogP contribution < -0.4 is 4.40 Å². The topological polar surface area (TPSA) is 56.7 Å².